The maximum atomic E-state index is 12.4. The Morgan fingerprint density at radius 3 is 2.30 bits per heavy atom. The third-order valence-electron chi connectivity index (χ3n) is 5.89. The van der Waals surface area contributed by atoms with Crippen molar-refractivity contribution in [1.82, 2.24) is 4.90 Å². The van der Waals surface area contributed by atoms with Crippen molar-refractivity contribution >= 4 is 23.3 Å². The zero-order chi connectivity index (χ0) is 20.9. The fraction of sp³-hybridized carbons (Fsp3) is 0.417. The zero-order valence-electron chi connectivity index (χ0n) is 17.5. The van der Waals surface area contributed by atoms with Gasteiger partial charge in [0.1, 0.15) is 0 Å². The number of anilines is 2. The molecule has 4 rings (SSSR count). The Hall–Kier alpha value is -2.86. The molecule has 0 N–H and O–H groups in total. The number of esters is 1. The van der Waals surface area contributed by atoms with E-state index in [-0.39, 0.29) is 24.2 Å². The second-order valence-corrected chi connectivity index (χ2v) is 7.92. The van der Waals surface area contributed by atoms with Crippen LogP contribution >= 0.6 is 0 Å². The maximum Gasteiger partial charge on any atom is 0.311 e. The quantitative estimate of drug-likeness (QED) is 0.689. The summed E-state index contributed by atoms with van der Waals surface area (Å²) in [6.45, 7) is 7.55. The average Bonchev–Trinajstić information content (AvgIpc) is 3.17. The van der Waals surface area contributed by atoms with Gasteiger partial charge in [0.15, 0.2) is 0 Å². The first-order valence-corrected chi connectivity index (χ1v) is 10.7. The van der Waals surface area contributed by atoms with Crippen LogP contribution in [0.15, 0.2) is 54.6 Å². The summed E-state index contributed by atoms with van der Waals surface area (Å²) in [5, 5.41) is 0. The summed E-state index contributed by atoms with van der Waals surface area (Å²) in [7, 11) is 0. The van der Waals surface area contributed by atoms with Gasteiger partial charge in [0, 0.05) is 57.1 Å². The second-order valence-electron chi connectivity index (χ2n) is 7.92. The van der Waals surface area contributed by atoms with Crippen molar-refractivity contribution in [2.45, 2.75) is 19.9 Å². The fourth-order valence-electron chi connectivity index (χ4n) is 4.22. The van der Waals surface area contributed by atoms with E-state index in [1.165, 1.54) is 11.3 Å². The third-order valence-corrected chi connectivity index (χ3v) is 5.89. The van der Waals surface area contributed by atoms with Gasteiger partial charge in [-0.2, -0.15) is 0 Å². The van der Waals surface area contributed by atoms with Crippen molar-refractivity contribution in [3.8, 4) is 0 Å². The van der Waals surface area contributed by atoms with Gasteiger partial charge in [-0.25, -0.2) is 0 Å². The van der Waals surface area contributed by atoms with Crippen LogP contribution in [0.5, 0.6) is 0 Å². The van der Waals surface area contributed by atoms with Crippen LogP contribution < -0.4 is 9.80 Å². The molecule has 0 spiro atoms. The van der Waals surface area contributed by atoms with Gasteiger partial charge in [-0.05, 0) is 36.8 Å². The van der Waals surface area contributed by atoms with Crippen LogP contribution in [0.3, 0.4) is 0 Å². The van der Waals surface area contributed by atoms with Crippen LogP contribution in [-0.2, 0) is 20.9 Å². The van der Waals surface area contributed by atoms with Crippen LogP contribution in [0.2, 0.25) is 0 Å². The number of piperazine rings is 1. The molecule has 2 saturated heterocycles. The number of carbonyl (C=O) groups is 2. The lowest BCUT2D eigenvalue weighted by atomic mass is 10.1. The molecule has 2 fully saturated rings. The summed E-state index contributed by atoms with van der Waals surface area (Å²) in [6.07, 6.45) is 0.226. The van der Waals surface area contributed by atoms with Gasteiger partial charge in [-0.3, -0.25) is 14.5 Å². The fourth-order valence-corrected chi connectivity index (χ4v) is 4.22. The van der Waals surface area contributed by atoms with Crippen molar-refractivity contribution in [2.24, 2.45) is 5.92 Å². The summed E-state index contributed by atoms with van der Waals surface area (Å²) in [4.78, 5) is 30.9. The Labute approximate surface area is 178 Å². The largest absolute Gasteiger partial charge is 0.466 e. The number of hydrogen-bond acceptors (Lipinski definition) is 5. The molecule has 0 aliphatic carbocycles. The molecule has 1 amide bonds. The second kappa shape index (κ2) is 9.30. The Kier molecular flexibility index (Phi) is 6.33. The standard InChI is InChI=1S/C24H29N3O3/c1-2-30-24(29)20-16-23(28)27(18-20)22-10-8-21(9-11-22)26-14-12-25(13-15-26)17-19-6-4-3-5-7-19/h3-11,20H,2,12-18H2,1H3/t20-/m0/s1. The molecule has 2 aliphatic rings. The molecule has 2 aromatic rings. The van der Waals surface area contributed by atoms with Crippen molar-refractivity contribution in [3.63, 3.8) is 0 Å². The first kappa shape index (κ1) is 20.4. The van der Waals surface area contributed by atoms with E-state index >= 15 is 0 Å². The van der Waals surface area contributed by atoms with Gasteiger partial charge in [0.25, 0.3) is 0 Å². The molecule has 0 saturated carbocycles. The first-order valence-electron chi connectivity index (χ1n) is 10.7. The van der Waals surface area contributed by atoms with Crippen LogP contribution in [-0.4, -0.2) is 56.1 Å². The van der Waals surface area contributed by atoms with E-state index in [0.717, 1.165) is 38.4 Å². The van der Waals surface area contributed by atoms with Crippen LogP contribution in [0.25, 0.3) is 0 Å². The Morgan fingerprint density at radius 2 is 1.63 bits per heavy atom. The van der Waals surface area contributed by atoms with E-state index in [9.17, 15) is 9.59 Å². The zero-order valence-corrected chi connectivity index (χ0v) is 17.5. The van der Waals surface area contributed by atoms with E-state index in [0.29, 0.717) is 13.2 Å². The molecule has 2 heterocycles. The van der Waals surface area contributed by atoms with Gasteiger partial charge in [-0.15, -0.1) is 0 Å². The van der Waals surface area contributed by atoms with E-state index in [1.54, 1.807) is 11.8 Å². The smallest absolute Gasteiger partial charge is 0.311 e. The molecule has 6 nitrogen and oxygen atoms in total. The maximum absolute atomic E-state index is 12.4. The Morgan fingerprint density at radius 1 is 0.967 bits per heavy atom. The lowest BCUT2D eigenvalue weighted by Gasteiger charge is -2.36. The molecule has 0 radical (unpaired) electrons. The lowest BCUT2D eigenvalue weighted by molar-refractivity contribution is -0.147. The average molecular weight is 408 g/mol. The predicted octanol–water partition coefficient (Wildman–Crippen LogP) is 2.92. The molecule has 2 aliphatic heterocycles. The molecule has 0 unspecified atom stereocenters. The molecule has 2 aromatic carbocycles. The van der Waals surface area contributed by atoms with Gasteiger partial charge >= 0.3 is 5.97 Å². The summed E-state index contributed by atoms with van der Waals surface area (Å²) in [5.74, 6) is -0.663. The van der Waals surface area contributed by atoms with Crippen LogP contribution in [0.1, 0.15) is 18.9 Å². The highest BCUT2D eigenvalue weighted by molar-refractivity contribution is 5.99. The normalized spacial score (nSPS) is 19.9. The molecule has 0 bridgehead atoms. The molecular formula is C24H29N3O3. The number of carbonyl (C=O) groups excluding carboxylic acids is 2. The van der Waals surface area contributed by atoms with Crippen molar-refractivity contribution < 1.29 is 14.3 Å². The molecule has 30 heavy (non-hydrogen) atoms. The minimum absolute atomic E-state index is 0.0182. The van der Waals surface area contributed by atoms with E-state index in [1.807, 2.05) is 12.1 Å². The van der Waals surface area contributed by atoms with Gasteiger partial charge in [0.2, 0.25) is 5.91 Å². The Balaban J connectivity index is 1.32. The van der Waals surface area contributed by atoms with Gasteiger partial charge in [-0.1, -0.05) is 30.3 Å². The van der Waals surface area contributed by atoms with Crippen molar-refractivity contribution in [2.75, 3.05) is 49.1 Å². The monoisotopic (exact) mass is 407 g/mol. The number of nitrogens with zero attached hydrogens (tertiary/aromatic N) is 3. The first-order chi connectivity index (χ1) is 14.6. The number of ether oxygens (including phenoxy) is 1. The summed E-state index contributed by atoms with van der Waals surface area (Å²) >= 11 is 0. The van der Waals surface area contributed by atoms with E-state index < -0.39 is 0 Å². The van der Waals surface area contributed by atoms with Crippen LogP contribution in [0.4, 0.5) is 11.4 Å². The Bertz CT molecular complexity index is 861. The molecular weight excluding hydrogens is 378 g/mol. The summed E-state index contributed by atoms with van der Waals surface area (Å²) in [6, 6.07) is 18.7. The SMILES string of the molecule is CCOC(=O)[C@H]1CC(=O)N(c2ccc(N3CCN(Cc4ccccc4)CC3)cc2)C1. The van der Waals surface area contributed by atoms with Gasteiger partial charge in [0.05, 0.1) is 12.5 Å². The molecule has 0 aromatic heterocycles. The van der Waals surface area contributed by atoms with E-state index in [4.69, 9.17) is 4.74 Å². The highest BCUT2D eigenvalue weighted by atomic mass is 16.5. The van der Waals surface area contributed by atoms with Crippen molar-refractivity contribution in [3.05, 3.63) is 60.2 Å². The lowest BCUT2D eigenvalue weighted by Crippen LogP contribution is -2.45. The number of benzene rings is 2. The molecule has 158 valence electrons. The van der Waals surface area contributed by atoms with Gasteiger partial charge < -0.3 is 14.5 Å². The highest BCUT2D eigenvalue weighted by Gasteiger charge is 2.36. The summed E-state index contributed by atoms with van der Waals surface area (Å²) < 4.78 is 5.07. The third kappa shape index (κ3) is 4.65. The number of hydrogen-bond donors (Lipinski definition) is 0. The number of rotatable bonds is 6. The van der Waals surface area contributed by atoms with Crippen molar-refractivity contribution in [1.29, 1.82) is 0 Å². The summed E-state index contributed by atoms with van der Waals surface area (Å²) in [5.41, 5.74) is 3.37. The van der Waals surface area contributed by atoms with Crippen LogP contribution in [0, 0.1) is 5.92 Å². The molecule has 1 atom stereocenters. The predicted molar refractivity (Wildman–Crippen MR) is 117 cm³/mol. The highest BCUT2D eigenvalue weighted by Crippen LogP contribution is 2.28. The minimum Gasteiger partial charge on any atom is -0.466 e. The number of amides is 1. The molecule has 6 heteroatoms. The topological polar surface area (TPSA) is 53.1 Å². The minimum atomic E-state index is -0.366. The van der Waals surface area contributed by atoms with E-state index in [2.05, 4.69) is 52.3 Å².